The maximum atomic E-state index is 12.2. The second-order valence-electron chi connectivity index (χ2n) is 3.50. The van der Waals surface area contributed by atoms with Crippen molar-refractivity contribution in [1.82, 2.24) is 20.1 Å². The maximum absolute atomic E-state index is 12.2. The Kier molecular flexibility index (Phi) is 4.43. The van der Waals surface area contributed by atoms with Crippen molar-refractivity contribution in [1.29, 1.82) is 0 Å². The number of phosphoric ester groups is 1. The summed E-state index contributed by atoms with van der Waals surface area (Å²) in [6.07, 6.45) is 1.43. The highest BCUT2D eigenvalue weighted by Gasteiger charge is 2.29. The number of hydrogen-bond donors (Lipinski definition) is 0. The topological polar surface area (TPSA) is 105 Å². The van der Waals surface area contributed by atoms with Crippen LogP contribution in [0.3, 0.4) is 0 Å². The van der Waals surface area contributed by atoms with Crippen LogP contribution in [0.5, 0.6) is 0 Å². The Morgan fingerprint density at radius 1 is 1.30 bits per heavy atom. The van der Waals surface area contributed by atoms with Crippen LogP contribution in [-0.2, 0) is 13.6 Å². The Morgan fingerprint density at radius 3 is 2.65 bits per heavy atom. The maximum Gasteiger partial charge on any atom is 0.550 e. The molecule has 0 radical (unpaired) electrons. The summed E-state index contributed by atoms with van der Waals surface area (Å²) in [7, 11) is -3.91. The number of rotatable bonds is 6. The predicted octanol–water partition coefficient (Wildman–Crippen LogP) is 0.796. The molecule has 0 fully saturated rings. The molecule has 20 heavy (non-hydrogen) atoms. The molecule has 2 rings (SSSR count). The van der Waals surface area contributed by atoms with Crippen LogP contribution in [0.4, 0.5) is 0 Å². The average Bonchev–Trinajstić information content (AvgIpc) is 2.43. The molecule has 0 aliphatic carbocycles. The van der Waals surface area contributed by atoms with Gasteiger partial charge in [0.15, 0.2) is 5.52 Å². The molecule has 0 spiro atoms. The molecular formula is C10H13N4O5P. The summed E-state index contributed by atoms with van der Waals surface area (Å²) in [6.45, 7) is 3.41. The molecule has 0 aliphatic heterocycles. The molecule has 0 atom stereocenters. The van der Waals surface area contributed by atoms with E-state index in [-0.39, 0.29) is 18.7 Å². The van der Waals surface area contributed by atoms with Crippen molar-refractivity contribution in [2.24, 2.45) is 0 Å². The summed E-state index contributed by atoms with van der Waals surface area (Å²) in [6, 6.07) is 3.19. The Labute approximate surface area is 114 Å². The van der Waals surface area contributed by atoms with Crippen LogP contribution in [0.15, 0.2) is 23.1 Å². The summed E-state index contributed by atoms with van der Waals surface area (Å²) in [5.41, 5.74) is -0.350. The molecule has 0 bridgehead atoms. The highest BCUT2D eigenvalue weighted by atomic mass is 31.2. The molecule has 0 saturated carbocycles. The fraction of sp³-hybridized carbons (Fsp3) is 0.400. The van der Waals surface area contributed by atoms with Crippen LogP contribution < -0.4 is 10.2 Å². The molecule has 0 N–H and O–H groups in total. The third-order valence-corrected chi connectivity index (χ3v) is 3.65. The molecule has 10 heteroatoms. The largest absolute Gasteiger partial charge is 0.550 e. The lowest BCUT2D eigenvalue weighted by Gasteiger charge is -2.15. The van der Waals surface area contributed by atoms with Gasteiger partial charge in [0, 0.05) is 6.20 Å². The molecule has 2 aromatic rings. The molecule has 108 valence electrons. The summed E-state index contributed by atoms with van der Waals surface area (Å²) in [5.74, 6) is 0. The van der Waals surface area contributed by atoms with Gasteiger partial charge in [0.05, 0.1) is 13.2 Å². The van der Waals surface area contributed by atoms with E-state index in [1.54, 1.807) is 26.0 Å². The molecular weight excluding hydrogens is 287 g/mol. The highest BCUT2D eigenvalue weighted by molar-refractivity contribution is 7.48. The van der Waals surface area contributed by atoms with Crippen molar-refractivity contribution < 1.29 is 18.2 Å². The minimum Gasteiger partial charge on any atom is -0.288 e. The summed E-state index contributed by atoms with van der Waals surface area (Å²) in [5, 5.41) is 7.26. The van der Waals surface area contributed by atoms with Crippen LogP contribution in [0, 0.1) is 0 Å². The number of hydrogen-bond acceptors (Lipinski definition) is 8. The van der Waals surface area contributed by atoms with Gasteiger partial charge in [-0.15, -0.1) is 5.10 Å². The monoisotopic (exact) mass is 300 g/mol. The van der Waals surface area contributed by atoms with Crippen molar-refractivity contribution in [3.05, 3.63) is 28.7 Å². The Bertz CT molecular complexity index is 693. The van der Waals surface area contributed by atoms with E-state index in [2.05, 4.69) is 15.3 Å². The minimum atomic E-state index is -3.91. The third kappa shape index (κ3) is 3.01. The number of aromatic nitrogens is 4. The summed E-state index contributed by atoms with van der Waals surface area (Å²) in [4.78, 5) is 16.4. The van der Waals surface area contributed by atoms with Gasteiger partial charge in [-0.3, -0.25) is 18.5 Å². The van der Waals surface area contributed by atoms with E-state index >= 15 is 0 Å². The lowest BCUT2D eigenvalue weighted by molar-refractivity contribution is 0.0900. The van der Waals surface area contributed by atoms with E-state index in [1.165, 1.54) is 6.20 Å². The van der Waals surface area contributed by atoms with Crippen molar-refractivity contribution >= 4 is 18.9 Å². The van der Waals surface area contributed by atoms with Gasteiger partial charge in [-0.2, -0.15) is 0 Å². The Balaban J connectivity index is 2.40. The minimum absolute atomic E-state index is 0.0436. The molecule has 2 heterocycles. The lowest BCUT2D eigenvalue weighted by Crippen LogP contribution is -2.30. The van der Waals surface area contributed by atoms with Crippen LogP contribution in [0.25, 0.3) is 11.0 Å². The van der Waals surface area contributed by atoms with Gasteiger partial charge in [-0.1, -0.05) is 0 Å². The molecule has 2 aromatic heterocycles. The van der Waals surface area contributed by atoms with Crippen LogP contribution in [-0.4, -0.2) is 33.4 Å². The molecule has 0 unspecified atom stereocenters. The average molecular weight is 300 g/mol. The second kappa shape index (κ2) is 6.08. The normalized spacial score (nSPS) is 11.7. The fourth-order valence-corrected chi connectivity index (χ4v) is 2.51. The molecule has 0 saturated heterocycles. The number of fused-ring (bicyclic) bond motifs is 1. The van der Waals surface area contributed by atoms with Crippen molar-refractivity contribution in [2.45, 2.75) is 13.8 Å². The molecule has 0 aliphatic rings. The Morgan fingerprint density at radius 2 is 2.00 bits per heavy atom. The first kappa shape index (κ1) is 14.6. The van der Waals surface area contributed by atoms with Gasteiger partial charge >= 0.3 is 13.4 Å². The van der Waals surface area contributed by atoms with Gasteiger partial charge in [-0.25, -0.2) is 9.55 Å². The summed E-state index contributed by atoms with van der Waals surface area (Å²) >= 11 is 0. The van der Waals surface area contributed by atoms with Gasteiger partial charge in [0.2, 0.25) is 0 Å². The van der Waals surface area contributed by atoms with E-state index < -0.39 is 13.4 Å². The SMILES string of the molecule is CCOP(=O)(OCC)On1nnc2cccnc2c1=O. The van der Waals surface area contributed by atoms with E-state index in [0.717, 1.165) is 0 Å². The van der Waals surface area contributed by atoms with Gasteiger partial charge < -0.3 is 0 Å². The highest BCUT2D eigenvalue weighted by Crippen LogP contribution is 2.45. The zero-order valence-electron chi connectivity index (χ0n) is 10.9. The van der Waals surface area contributed by atoms with Gasteiger partial charge in [0.25, 0.3) is 0 Å². The first-order valence-corrected chi connectivity index (χ1v) is 7.35. The first-order chi connectivity index (χ1) is 9.59. The number of pyridine rings is 1. The second-order valence-corrected chi connectivity index (χ2v) is 5.08. The zero-order valence-corrected chi connectivity index (χ0v) is 11.8. The third-order valence-electron chi connectivity index (χ3n) is 2.15. The van der Waals surface area contributed by atoms with Crippen LogP contribution >= 0.6 is 7.82 Å². The quantitative estimate of drug-likeness (QED) is 0.721. The predicted molar refractivity (Wildman–Crippen MR) is 69.0 cm³/mol. The van der Waals surface area contributed by atoms with E-state index in [0.29, 0.717) is 10.4 Å². The Hall–Kier alpha value is -1.83. The first-order valence-electron chi connectivity index (χ1n) is 5.89. The van der Waals surface area contributed by atoms with E-state index in [4.69, 9.17) is 13.7 Å². The molecule has 0 amide bonds. The number of phosphoric acid groups is 1. The van der Waals surface area contributed by atoms with Crippen molar-refractivity contribution in [2.75, 3.05) is 13.2 Å². The van der Waals surface area contributed by atoms with Gasteiger partial charge in [-0.05, 0) is 36.0 Å². The van der Waals surface area contributed by atoms with Crippen LogP contribution in [0.2, 0.25) is 0 Å². The fourth-order valence-electron chi connectivity index (χ4n) is 1.41. The van der Waals surface area contributed by atoms with Crippen molar-refractivity contribution in [3.63, 3.8) is 0 Å². The molecule has 0 aromatic carbocycles. The van der Waals surface area contributed by atoms with Gasteiger partial charge in [0.1, 0.15) is 5.52 Å². The van der Waals surface area contributed by atoms with Crippen LogP contribution in [0.1, 0.15) is 13.8 Å². The number of nitrogens with zero attached hydrogens (tertiary/aromatic N) is 4. The zero-order chi connectivity index (χ0) is 14.6. The van der Waals surface area contributed by atoms with Crippen molar-refractivity contribution in [3.8, 4) is 0 Å². The smallest absolute Gasteiger partial charge is 0.288 e. The molecule has 9 nitrogen and oxygen atoms in total. The summed E-state index contributed by atoms with van der Waals surface area (Å²) < 4.78 is 26.9. The standard InChI is InChI=1S/C10H13N4O5P/c1-3-17-20(16,18-4-2)19-14-10(15)9-8(12-13-14)6-5-7-11-9/h5-7H,3-4H2,1-2H3. The van der Waals surface area contributed by atoms with E-state index in [1.807, 2.05) is 0 Å². The van der Waals surface area contributed by atoms with E-state index in [9.17, 15) is 9.36 Å². The lowest BCUT2D eigenvalue weighted by atomic mass is 10.4.